The molecule has 0 aromatic carbocycles. The quantitative estimate of drug-likeness (QED) is 0.642. The van der Waals surface area contributed by atoms with E-state index in [0.717, 1.165) is 0 Å². The van der Waals surface area contributed by atoms with Crippen molar-refractivity contribution in [1.82, 2.24) is 0 Å². The molecule has 0 aromatic rings. The third-order valence-electron chi connectivity index (χ3n) is 0.469. The van der Waals surface area contributed by atoms with E-state index in [2.05, 4.69) is 14.8 Å². The van der Waals surface area contributed by atoms with Gasteiger partial charge in [-0.25, -0.2) is 0 Å². The number of rotatable bonds is 4. The Kier molecular flexibility index (Phi) is 14.8. The van der Waals surface area contributed by atoms with Crippen LogP contribution in [0.5, 0.6) is 0 Å². The van der Waals surface area contributed by atoms with E-state index in [1.54, 1.807) is 13.8 Å². The highest BCUT2D eigenvalue weighted by Gasteiger charge is 2.15. The van der Waals surface area contributed by atoms with E-state index in [9.17, 15) is 4.57 Å². The van der Waals surface area contributed by atoms with Gasteiger partial charge in [0.05, 0.1) is 0 Å². The Hall–Kier alpha value is -0.0200. The summed E-state index contributed by atoms with van der Waals surface area (Å²) in [6.07, 6.45) is 0. The molecule has 0 heterocycles. The van der Waals surface area contributed by atoms with E-state index < -0.39 is 8.25 Å². The first-order chi connectivity index (χ1) is 4.81. The molecule has 0 saturated carbocycles. The van der Waals surface area contributed by atoms with Gasteiger partial charge in [-0.05, 0) is 20.9 Å². The van der Waals surface area contributed by atoms with Gasteiger partial charge < -0.3 is 5.73 Å². The van der Waals surface area contributed by atoms with E-state index >= 15 is 0 Å². The van der Waals surface area contributed by atoms with Gasteiger partial charge >= 0.3 is 8.25 Å². The van der Waals surface area contributed by atoms with Gasteiger partial charge in [0.2, 0.25) is 0 Å². The summed E-state index contributed by atoms with van der Waals surface area (Å²) in [4.78, 5) is 0. The summed E-state index contributed by atoms with van der Waals surface area (Å²) in [5.41, 5.74) is 4.50. The van der Waals surface area contributed by atoms with Gasteiger partial charge in [0.25, 0.3) is 0 Å². The Morgan fingerprint density at radius 2 is 1.50 bits per heavy atom. The molecule has 0 unspecified atom stereocenters. The summed E-state index contributed by atoms with van der Waals surface area (Å²) in [6, 6.07) is 0. The van der Waals surface area contributed by atoms with E-state index in [0.29, 0.717) is 13.2 Å². The van der Waals surface area contributed by atoms with Gasteiger partial charge in [0, 0.05) is 4.57 Å². The van der Waals surface area contributed by atoms with Crippen LogP contribution in [0.4, 0.5) is 0 Å². The lowest BCUT2D eigenvalue weighted by molar-refractivity contribution is 0.243. The molecule has 5 heteroatoms. The van der Waals surface area contributed by atoms with Crippen LogP contribution in [0.15, 0.2) is 0 Å². The van der Waals surface area contributed by atoms with Crippen LogP contribution in [-0.2, 0) is 13.6 Å². The summed E-state index contributed by atoms with van der Waals surface area (Å²) in [5, 5.41) is 0. The molecule has 2 N–H and O–H groups in total. The molecular formula is C5H15NO3P+. The molecule has 0 fully saturated rings. The Morgan fingerprint density at radius 1 is 1.20 bits per heavy atom. The molecule has 0 radical (unpaired) electrons. The molecule has 4 nitrogen and oxygen atoms in total. The second kappa shape index (κ2) is 11.7. The van der Waals surface area contributed by atoms with Crippen molar-refractivity contribution < 1.29 is 13.6 Å². The topological polar surface area (TPSA) is 61.5 Å². The van der Waals surface area contributed by atoms with Gasteiger partial charge in [-0.2, -0.15) is 0 Å². The molecule has 0 aliphatic heterocycles. The van der Waals surface area contributed by atoms with Crippen LogP contribution in [-0.4, -0.2) is 20.3 Å². The molecule has 0 aliphatic carbocycles. The minimum absolute atomic E-state index is 0.440. The number of hydrogen-bond donors (Lipinski definition) is 1. The van der Waals surface area contributed by atoms with Crippen molar-refractivity contribution in [3.05, 3.63) is 0 Å². The van der Waals surface area contributed by atoms with Gasteiger partial charge in [0.15, 0.2) is 0 Å². The van der Waals surface area contributed by atoms with Gasteiger partial charge in [-0.1, -0.05) is 0 Å². The smallest absolute Gasteiger partial charge is 0.333 e. The average molecular weight is 168 g/mol. The van der Waals surface area contributed by atoms with Crippen LogP contribution in [0.1, 0.15) is 13.8 Å². The standard InChI is InChI=1S/C4H10O3P.CH5N/c1-3-6-8(5)7-4-2;1-2/h3-4H2,1-2H3;2H2,1H3/q+1;. The van der Waals surface area contributed by atoms with Crippen LogP contribution in [0.25, 0.3) is 0 Å². The highest BCUT2D eigenvalue weighted by atomic mass is 31.1. The SMILES string of the molecule is CCO[P+](=O)OCC.CN. The van der Waals surface area contributed by atoms with Crippen molar-refractivity contribution in [2.45, 2.75) is 13.8 Å². The minimum atomic E-state index is -1.83. The van der Waals surface area contributed by atoms with Gasteiger partial charge in [-0.15, -0.1) is 9.05 Å². The van der Waals surface area contributed by atoms with Crippen LogP contribution < -0.4 is 5.73 Å². The van der Waals surface area contributed by atoms with Crippen molar-refractivity contribution in [3.8, 4) is 0 Å². The highest BCUT2D eigenvalue weighted by molar-refractivity contribution is 7.33. The third-order valence-corrected chi connectivity index (χ3v) is 1.41. The van der Waals surface area contributed by atoms with Crippen molar-refractivity contribution in [1.29, 1.82) is 0 Å². The van der Waals surface area contributed by atoms with E-state index in [4.69, 9.17) is 0 Å². The summed E-state index contributed by atoms with van der Waals surface area (Å²) in [6.45, 7) is 4.42. The lowest BCUT2D eigenvalue weighted by atomic mass is 10.9. The van der Waals surface area contributed by atoms with Crippen LogP contribution in [0, 0.1) is 0 Å². The Labute approximate surface area is 62.6 Å². The molecule has 0 atom stereocenters. The summed E-state index contributed by atoms with van der Waals surface area (Å²) in [5.74, 6) is 0. The molecule has 0 aliphatic rings. The predicted molar refractivity (Wildman–Crippen MR) is 41.0 cm³/mol. The maximum Gasteiger partial charge on any atom is 0.697 e. The Balaban J connectivity index is 0. The van der Waals surface area contributed by atoms with E-state index in [-0.39, 0.29) is 0 Å². The average Bonchev–Trinajstić information content (AvgIpc) is 1.93. The van der Waals surface area contributed by atoms with Crippen LogP contribution in [0.2, 0.25) is 0 Å². The first-order valence-corrected chi connectivity index (χ1v) is 4.21. The predicted octanol–water partition coefficient (Wildman–Crippen LogP) is 1.29. The molecule has 62 valence electrons. The molecule has 0 bridgehead atoms. The summed E-state index contributed by atoms with van der Waals surface area (Å²) >= 11 is 0. The van der Waals surface area contributed by atoms with Crippen LogP contribution in [0.3, 0.4) is 0 Å². The zero-order valence-electron chi connectivity index (χ0n) is 6.66. The third kappa shape index (κ3) is 10.9. The molecule has 0 aromatic heterocycles. The maximum absolute atomic E-state index is 10.3. The highest BCUT2D eigenvalue weighted by Crippen LogP contribution is 2.21. The lowest BCUT2D eigenvalue weighted by Crippen LogP contribution is -1.81. The zero-order chi connectivity index (χ0) is 8.41. The van der Waals surface area contributed by atoms with Crippen molar-refractivity contribution >= 4 is 8.25 Å². The second-order valence-corrected chi connectivity index (χ2v) is 2.02. The molecule has 0 amide bonds. The molecule has 0 spiro atoms. The lowest BCUT2D eigenvalue weighted by Gasteiger charge is -1.78. The normalized spacial score (nSPS) is 8.00. The van der Waals surface area contributed by atoms with Crippen molar-refractivity contribution in [2.24, 2.45) is 5.73 Å². The van der Waals surface area contributed by atoms with E-state index in [1.807, 2.05) is 0 Å². The van der Waals surface area contributed by atoms with Crippen molar-refractivity contribution in [3.63, 3.8) is 0 Å². The first-order valence-electron chi connectivity index (χ1n) is 3.12. The Bertz CT molecular complexity index is 71.3. The monoisotopic (exact) mass is 168 g/mol. The second-order valence-electron chi connectivity index (χ2n) is 1.06. The largest absolute Gasteiger partial charge is 0.697 e. The maximum atomic E-state index is 10.3. The fraction of sp³-hybridized carbons (Fsp3) is 1.00. The summed E-state index contributed by atoms with van der Waals surface area (Å²) in [7, 11) is -0.331. The minimum Gasteiger partial charge on any atom is -0.333 e. The van der Waals surface area contributed by atoms with Crippen molar-refractivity contribution in [2.75, 3.05) is 20.3 Å². The fourth-order valence-electron chi connectivity index (χ4n) is 0.248. The molecule has 0 saturated heterocycles. The van der Waals surface area contributed by atoms with Gasteiger partial charge in [-0.3, -0.25) is 0 Å². The van der Waals surface area contributed by atoms with Gasteiger partial charge in [0.1, 0.15) is 13.2 Å². The van der Waals surface area contributed by atoms with Crippen LogP contribution >= 0.6 is 8.25 Å². The number of hydrogen-bond acceptors (Lipinski definition) is 4. The molecular weight excluding hydrogens is 153 g/mol. The summed E-state index contributed by atoms with van der Waals surface area (Å²) < 4.78 is 19.5. The molecule has 10 heavy (non-hydrogen) atoms. The van der Waals surface area contributed by atoms with E-state index in [1.165, 1.54) is 7.05 Å². The fourth-order valence-corrected chi connectivity index (χ4v) is 0.744. The Morgan fingerprint density at radius 3 is 1.70 bits per heavy atom. The number of nitrogens with two attached hydrogens (primary N) is 1. The zero-order valence-corrected chi connectivity index (χ0v) is 7.56. The molecule has 0 rings (SSSR count). The first kappa shape index (κ1) is 12.6.